The molecule has 1 amide bonds. The summed E-state index contributed by atoms with van der Waals surface area (Å²) in [5, 5.41) is 7.43. The Morgan fingerprint density at radius 2 is 2.26 bits per heavy atom. The van der Waals surface area contributed by atoms with Crippen LogP contribution in [0.4, 0.5) is 5.69 Å². The number of hydrogen-bond donors (Lipinski definition) is 1. The molecular weight excluding hydrogens is 290 g/mol. The third-order valence-electron chi connectivity index (χ3n) is 4.55. The van der Waals surface area contributed by atoms with E-state index in [0.29, 0.717) is 6.54 Å². The first-order valence-electron chi connectivity index (χ1n) is 8.00. The van der Waals surface area contributed by atoms with Crippen LogP contribution in [0.5, 0.6) is 0 Å². The van der Waals surface area contributed by atoms with Crippen LogP contribution >= 0.6 is 0 Å². The summed E-state index contributed by atoms with van der Waals surface area (Å²) in [6.07, 6.45) is 5.54. The van der Waals surface area contributed by atoms with Crippen molar-refractivity contribution in [3.8, 4) is 0 Å². The van der Waals surface area contributed by atoms with E-state index in [0.717, 1.165) is 30.8 Å². The molecule has 1 aliphatic heterocycles. The average molecular weight is 313 g/mol. The first-order chi connectivity index (χ1) is 11.1. The van der Waals surface area contributed by atoms with Gasteiger partial charge in [0, 0.05) is 30.5 Å². The van der Waals surface area contributed by atoms with E-state index in [1.165, 1.54) is 11.3 Å². The molecule has 1 N–H and O–H groups in total. The predicted molar refractivity (Wildman–Crippen MR) is 89.1 cm³/mol. The summed E-state index contributed by atoms with van der Waals surface area (Å²) in [6.45, 7) is 5.49. The molecule has 6 nitrogen and oxygen atoms in total. The second-order valence-electron chi connectivity index (χ2n) is 6.13. The molecule has 0 aromatic carbocycles. The summed E-state index contributed by atoms with van der Waals surface area (Å²) in [5.41, 5.74) is 4.27. The van der Waals surface area contributed by atoms with Gasteiger partial charge in [0.05, 0.1) is 24.1 Å². The van der Waals surface area contributed by atoms with Crippen LogP contribution in [-0.2, 0) is 11.8 Å². The number of aryl methyl sites for hydroxylation is 2. The minimum absolute atomic E-state index is 0.00379. The summed E-state index contributed by atoms with van der Waals surface area (Å²) < 4.78 is 1.93. The van der Waals surface area contributed by atoms with E-state index in [9.17, 15) is 4.79 Å². The second-order valence-corrected chi connectivity index (χ2v) is 6.13. The first-order valence-corrected chi connectivity index (χ1v) is 8.00. The maximum absolute atomic E-state index is 12.3. The number of anilines is 1. The van der Waals surface area contributed by atoms with Crippen molar-refractivity contribution in [3.05, 3.63) is 41.5 Å². The van der Waals surface area contributed by atoms with Crippen LogP contribution in [0.2, 0.25) is 0 Å². The number of carbonyl (C=O) groups excluding carboxylic acids is 1. The lowest BCUT2D eigenvalue weighted by molar-refractivity contribution is -0.117. The van der Waals surface area contributed by atoms with E-state index in [-0.39, 0.29) is 11.9 Å². The lowest BCUT2D eigenvalue weighted by Crippen LogP contribution is -2.33. The van der Waals surface area contributed by atoms with Crippen LogP contribution in [0.3, 0.4) is 0 Å². The maximum Gasteiger partial charge on any atom is 0.238 e. The molecule has 1 unspecified atom stereocenters. The van der Waals surface area contributed by atoms with Crippen LogP contribution < -0.4 is 5.32 Å². The number of amides is 1. The average Bonchev–Trinajstić information content (AvgIpc) is 3.05. The number of pyridine rings is 1. The van der Waals surface area contributed by atoms with E-state index in [2.05, 4.69) is 34.1 Å². The van der Waals surface area contributed by atoms with Gasteiger partial charge in [-0.05, 0) is 45.4 Å². The highest BCUT2D eigenvalue weighted by Crippen LogP contribution is 2.35. The Labute approximate surface area is 136 Å². The normalized spacial score (nSPS) is 18.3. The molecule has 0 saturated carbocycles. The zero-order chi connectivity index (χ0) is 16.4. The number of likely N-dealkylation sites (tertiary alicyclic amines) is 1. The van der Waals surface area contributed by atoms with Crippen LogP contribution in [-0.4, -0.2) is 38.7 Å². The minimum Gasteiger partial charge on any atom is -0.324 e. The quantitative estimate of drug-likeness (QED) is 0.940. The van der Waals surface area contributed by atoms with Crippen molar-refractivity contribution < 1.29 is 4.79 Å². The highest BCUT2D eigenvalue weighted by Gasteiger charge is 2.31. The van der Waals surface area contributed by atoms with Gasteiger partial charge in [-0.2, -0.15) is 5.10 Å². The fraction of sp³-hybridized carbons (Fsp3) is 0.471. The monoisotopic (exact) mass is 313 g/mol. The molecule has 1 aliphatic rings. The Balaban J connectivity index is 1.71. The number of rotatable bonds is 4. The summed E-state index contributed by atoms with van der Waals surface area (Å²) in [4.78, 5) is 18.6. The van der Waals surface area contributed by atoms with E-state index in [1.54, 1.807) is 12.4 Å². The minimum atomic E-state index is 0.00379. The van der Waals surface area contributed by atoms with Gasteiger partial charge in [-0.25, -0.2) is 0 Å². The molecule has 1 atom stereocenters. The van der Waals surface area contributed by atoms with Gasteiger partial charge in [0.2, 0.25) is 5.91 Å². The molecule has 3 rings (SSSR count). The fourth-order valence-corrected chi connectivity index (χ4v) is 3.44. The van der Waals surface area contributed by atoms with Gasteiger partial charge >= 0.3 is 0 Å². The van der Waals surface area contributed by atoms with Gasteiger partial charge in [-0.1, -0.05) is 0 Å². The van der Waals surface area contributed by atoms with Crippen molar-refractivity contribution in [2.75, 3.05) is 18.4 Å². The molecule has 0 radical (unpaired) electrons. The topological polar surface area (TPSA) is 63.1 Å². The molecule has 0 bridgehead atoms. The zero-order valence-electron chi connectivity index (χ0n) is 13.9. The summed E-state index contributed by atoms with van der Waals surface area (Å²) >= 11 is 0. The van der Waals surface area contributed by atoms with E-state index in [1.807, 2.05) is 23.9 Å². The van der Waals surface area contributed by atoms with Crippen LogP contribution in [0, 0.1) is 13.8 Å². The second kappa shape index (κ2) is 6.50. The molecule has 23 heavy (non-hydrogen) atoms. The third kappa shape index (κ3) is 3.27. The summed E-state index contributed by atoms with van der Waals surface area (Å²) in [6, 6.07) is 3.95. The largest absolute Gasteiger partial charge is 0.324 e. The molecule has 2 aromatic rings. The van der Waals surface area contributed by atoms with Gasteiger partial charge in [-0.3, -0.25) is 19.4 Å². The Morgan fingerprint density at radius 3 is 2.91 bits per heavy atom. The number of carbonyl (C=O) groups is 1. The Hall–Kier alpha value is -2.21. The van der Waals surface area contributed by atoms with Crippen LogP contribution in [0.1, 0.15) is 35.8 Å². The van der Waals surface area contributed by atoms with Crippen molar-refractivity contribution in [2.45, 2.75) is 32.7 Å². The van der Waals surface area contributed by atoms with Gasteiger partial charge in [-0.15, -0.1) is 0 Å². The van der Waals surface area contributed by atoms with Gasteiger partial charge in [0.25, 0.3) is 0 Å². The molecule has 0 spiro atoms. The lowest BCUT2D eigenvalue weighted by Gasteiger charge is -2.24. The molecule has 6 heteroatoms. The molecular formula is C17H23N5O. The highest BCUT2D eigenvalue weighted by atomic mass is 16.2. The van der Waals surface area contributed by atoms with Crippen LogP contribution in [0.15, 0.2) is 24.5 Å². The molecule has 1 fully saturated rings. The van der Waals surface area contributed by atoms with Crippen molar-refractivity contribution in [3.63, 3.8) is 0 Å². The standard InChI is InChI=1S/C17H23N5O/c1-12-17(13(2)21(3)20-12)15-7-5-9-22(15)11-16(23)19-14-6-4-8-18-10-14/h4,6,8,10,15H,5,7,9,11H2,1-3H3,(H,19,23). The smallest absolute Gasteiger partial charge is 0.238 e. The number of hydrogen-bond acceptors (Lipinski definition) is 4. The van der Waals surface area contributed by atoms with Crippen molar-refractivity contribution >= 4 is 11.6 Å². The maximum atomic E-state index is 12.3. The van der Waals surface area contributed by atoms with Crippen molar-refractivity contribution in [1.82, 2.24) is 19.7 Å². The molecule has 0 aliphatic carbocycles. The molecule has 3 heterocycles. The number of nitrogens with zero attached hydrogens (tertiary/aromatic N) is 4. The molecule has 2 aromatic heterocycles. The van der Waals surface area contributed by atoms with Crippen LogP contribution in [0.25, 0.3) is 0 Å². The Bertz CT molecular complexity index is 695. The van der Waals surface area contributed by atoms with Gasteiger partial charge in [0.15, 0.2) is 0 Å². The van der Waals surface area contributed by atoms with Gasteiger partial charge in [0.1, 0.15) is 0 Å². The van der Waals surface area contributed by atoms with Crippen molar-refractivity contribution in [1.29, 1.82) is 0 Å². The lowest BCUT2D eigenvalue weighted by atomic mass is 10.0. The number of nitrogens with one attached hydrogen (secondary N) is 1. The third-order valence-corrected chi connectivity index (χ3v) is 4.55. The SMILES string of the molecule is Cc1nn(C)c(C)c1C1CCCN1CC(=O)Nc1cccnc1. The molecule has 122 valence electrons. The molecule has 1 saturated heterocycles. The Kier molecular flexibility index (Phi) is 4.43. The van der Waals surface area contributed by atoms with Crippen molar-refractivity contribution in [2.24, 2.45) is 7.05 Å². The first kappa shape index (κ1) is 15.7. The fourth-order valence-electron chi connectivity index (χ4n) is 3.44. The zero-order valence-corrected chi connectivity index (χ0v) is 13.9. The Morgan fingerprint density at radius 1 is 1.43 bits per heavy atom. The summed E-state index contributed by atoms with van der Waals surface area (Å²) in [7, 11) is 1.97. The highest BCUT2D eigenvalue weighted by molar-refractivity contribution is 5.92. The number of aromatic nitrogens is 3. The van der Waals surface area contributed by atoms with Gasteiger partial charge < -0.3 is 5.32 Å². The van der Waals surface area contributed by atoms with E-state index >= 15 is 0 Å². The predicted octanol–water partition coefficient (Wildman–Crippen LogP) is 2.21. The van der Waals surface area contributed by atoms with E-state index in [4.69, 9.17) is 0 Å². The summed E-state index contributed by atoms with van der Waals surface area (Å²) in [5.74, 6) is 0.00379. The van der Waals surface area contributed by atoms with E-state index < -0.39 is 0 Å².